The Hall–Kier alpha value is -2.21. The third-order valence-electron chi connectivity index (χ3n) is 3.42. The summed E-state index contributed by atoms with van der Waals surface area (Å²) in [4.78, 5) is 12.3. The van der Waals surface area contributed by atoms with Gasteiger partial charge in [0.15, 0.2) is 0 Å². The van der Waals surface area contributed by atoms with Crippen LogP contribution < -0.4 is 0 Å². The molecule has 0 heterocycles. The predicted octanol–water partition coefficient (Wildman–Crippen LogP) is 3.10. The second-order valence-electron chi connectivity index (χ2n) is 4.86. The van der Waals surface area contributed by atoms with E-state index in [9.17, 15) is 4.79 Å². The van der Waals surface area contributed by atoms with Crippen molar-refractivity contribution in [2.75, 3.05) is 27.9 Å². The predicted molar refractivity (Wildman–Crippen MR) is 85.9 cm³/mol. The number of hydrogen-bond acceptors (Lipinski definition) is 5. The highest BCUT2D eigenvalue weighted by Gasteiger charge is 2.35. The minimum atomic E-state index is -1.55. The minimum Gasteiger partial charge on any atom is -0.402 e. The van der Waals surface area contributed by atoms with Crippen LogP contribution in [-0.4, -0.2) is 39.9 Å². The van der Waals surface area contributed by atoms with Crippen LogP contribution in [0.25, 0.3) is 11.1 Å². The Balaban J connectivity index is 2.14. The summed E-state index contributed by atoms with van der Waals surface area (Å²) >= 11 is 0. The number of hydrogen-bond donors (Lipinski definition) is 0. The number of methoxy groups -OCH3 is 3. The van der Waals surface area contributed by atoms with Crippen molar-refractivity contribution in [3.05, 3.63) is 60.2 Å². The van der Waals surface area contributed by atoms with E-state index < -0.39 is 11.9 Å². The van der Waals surface area contributed by atoms with Gasteiger partial charge in [0.2, 0.25) is 0 Å². The molecule has 2 rings (SSSR count). The van der Waals surface area contributed by atoms with Crippen molar-refractivity contribution in [1.82, 2.24) is 0 Å². The van der Waals surface area contributed by atoms with E-state index in [1.165, 1.54) is 21.3 Å². The first-order valence-electron chi connectivity index (χ1n) is 7.12. The molecule has 2 aromatic rings. The molecule has 0 aliphatic heterocycles. The molecule has 0 N–H and O–H groups in total. The lowest BCUT2D eigenvalue weighted by Gasteiger charge is -2.28. The molecule has 0 aromatic heterocycles. The lowest BCUT2D eigenvalue weighted by molar-refractivity contribution is -0.350. The zero-order valence-corrected chi connectivity index (χ0v) is 13.4. The van der Waals surface area contributed by atoms with Gasteiger partial charge in [-0.25, -0.2) is 4.79 Å². The third kappa shape index (κ3) is 4.16. The number of carbonyl (C=O) groups excluding carboxylic acids is 1. The van der Waals surface area contributed by atoms with Gasteiger partial charge in [-0.05, 0) is 23.3 Å². The summed E-state index contributed by atoms with van der Waals surface area (Å²) in [6, 6.07) is 17.0. The molecule has 0 aliphatic rings. The molecule has 2 aromatic carbocycles. The van der Waals surface area contributed by atoms with Crippen molar-refractivity contribution < 1.29 is 23.7 Å². The lowest BCUT2D eigenvalue weighted by Crippen LogP contribution is -2.43. The summed E-state index contributed by atoms with van der Waals surface area (Å²) in [7, 11) is 4.23. The van der Waals surface area contributed by atoms with Gasteiger partial charge in [0.25, 0.3) is 0 Å². The molecule has 5 nitrogen and oxygen atoms in total. The van der Waals surface area contributed by atoms with Crippen LogP contribution in [0.3, 0.4) is 0 Å². The van der Waals surface area contributed by atoms with E-state index in [0.29, 0.717) is 5.56 Å². The van der Waals surface area contributed by atoms with Gasteiger partial charge < -0.3 is 18.9 Å². The molecule has 122 valence electrons. The van der Waals surface area contributed by atoms with E-state index in [4.69, 9.17) is 18.9 Å². The maximum atomic E-state index is 12.3. The summed E-state index contributed by atoms with van der Waals surface area (Å²) in [5.74, 6) is -2.10. The molecule has 0 atom stereocenters. The molecular formula is C18H20O5. The summed E-state index contributed by atoms with van der Waals surface area (Å²) in [6.45, 7) is -0.0339. The van der Waals surface area contributed by atoms with Crippen LogP contribution in [0.15, 0.2) is 54.6 Å². The van der Waals surface area contributed by atoms with E-state index >= 15 is 0 Å². The average Bonchev–Trinajstić information content (AvgIpc) is 2.62. The van der Waals surface area contributed by atoms with E-state index in [0.717, 1.165) is 11.1 Å². The number of benzene rings is 2. The normalized spacial score (nSPS) is 11.3. The van der Waals surface area contributed by atoms with Crippen LogP contribution in [0.4, 0.5) is 0 Å². The molecule has 0 bridgehead atoms. The quantitative estimate of drug-likeness (QED) is 0.580. The van der Waals surface area contributed by atoms with Crippen molar-refractivity contribution in [1.29, 1.82) is 0 Å². The fourth-order valence-electron chi connectivity index (χ4n) is 2.12. The number of ether oxygens (including phenoxy) is 4. The number of rotatable bonds is 7. The Morgan fingerprint density at radius 1 is 0.870 bits per heavy atom. The SMILES string of the molecule is COCC(OC)(OC)OC(=O)c1ccc(-c2ccccc2)cc1. The van der Waals surface area contributed by atoms with Gasteiger partial charge in [-0.3, -0.25) is 0 Å². The maximum absolute atomic E-state index is 12.3. The van der Waals surface area contributed by atoms with E-state index in [1.807, 2.05) is 42.5 Å². The molecule has 0 fully saturated rings. The first-order chi connectivity index (χ1) is 11.1. The molecule has 0 amide bonds. The summed E-state index contributed by atoms with van der Waals surface area (Å²) in [6.07, 6.45) is 0. The topological polar surface area (TPSA) is 54.0 Å². The number of carbonyl (C=O) groups is 1. The summed E-state index contributed by atoms with van der Waals surface area (Å²) in [5.41, 5.74) is 2.50. The highest BCUT2D eigenvalue weighted by molar-refractivity contribution is 5.90. The first kappa shape index (κ1) is 17.1. The molecule has 23 heavy (non-hydrogen) atoms. The van der Waals surface area contributed by atoms with Gasteiger partial charge in [-0.15, -0.1) is 0 Å². The average molecular weight is 316 g/mol. The van der Waals surface area contributed by atoms with Crippen molar-refractivity contribution in [3.63, 3.8) is 0 Å². The lowest BCUT2D eigenvalue weighted by atomic mass is 10.0. The van der Waals surface area contributed by atoms with Gasteiger partial charge in [0.1, 0.15) is 6.61 Å². The molecule has 0 saturated heterocycles. The summed E-state index contributed by atoms with van der Waals surface area (Å²) in [5, 5.41) is 0. The van der Waals surface area contributed by atoms with Gasteiger partial charge in [-0.1, -0.05) is 42.5 Å². The zero-order valence-electron chi connectivity index (χ0n) is 13.4. The van der Waals surface area contributed by atoms with E-state index in [-0.39, 0.29) is 6.61 Å². The minimum absolute atomic E-state index is 0.0339. The smallest absolute Gasteiger partial charge is 0.353 e. The van der Waals surface area contributed by atoms with Gasteiger partial charge in [0, 0.05) is 21.3 Å². The Morgan fingerprint density at radius 3 is 1.96 bits per heavy atom. The summed E-state index contributed by atoms with van der Waals surface area (Å²) < 4.78 is 20.5. The Morgan fingerprint density at radius 2 is 1.43 bits per heavy atom. The molecule has 0 radical (unpaired) electrons. The maximum Gasteiger partial charge on any atom is 0.353 e. The fraction of sp³-hybridized carbons (Fsp3) is 0.278. The second kappa shape index (κ2) is 7.87. The van der Waals surface area contributed by atoms with Crippen molar-refractivity contribution in [2.24, 2.45) is 0 Å². The van der Waals surface area contributed by atoms with Crippen molar-refractivity contribution in [3.8, 4) is 11.1 Å². The van der Waals surface area contributed by atoms with Crippen LogP contribution >= 0.6 is 0 Å². The van der Waals surface area contributed by atoms with E-state index in [1.54, 1.807) is 12.1 Å². The molecule has 0 spiro atoms. The van der Waals surface area contributed by atoms with Gasteiger partial charge in [0.05, 0.1) is 5.56 Å². The first-order valence-corrected chi connectivity index (χ1v) is 7.12. The second-order valence-corrected chi connectivity index (χ2v) is 4.86. The van der Waals surface area contributed by atoms with Crippen molar-refractivity contribution >= 4 is 5.97 Å². The molecule has 5 heteroatoms. The monoisotopic (exact) mass is 316 g/mol. The standard InChI is InChI=1S/C18H20O5/c1-20-13-18(21-2,22-3)23-17(19)16-11-9-15(10-12-16)14-7-5-4-6-8-14/h4-12H,13H2,1-3H3. The van der Waals surface area contributed by atoms with Crippen LogP contribution in [-0.2, 0) is 18.9 Å². The Bertz CT molecular complexity index is 618. The van der Waals surface area contributed by atoms with Crippen LogP contribution in [0, 0.1) is 0 Å². The highest BCUT2D eigenvalue weighted by Crippen LogP contribution is 2.21. The van der Waals surface area contributed by atoms with Gasteiger partial charge >= 0.3 is 11.9 Å². The van der Waals surface area contributed by atoms with E-state index in [2.05, 4.69) is 0 Å². The Labute approximate surface area is 135 Å². The molecule has 0 aliphatic carbocycles. The third-order valence-corrected chi connectivity index (χ3v) is 3.42. The largest absolute Gasteiger partial charge is 0.402 e. The van der Waals surface area contributed by atoms with Crippen LogP contribution in [0.1, 0.15) is 10.4 Å². The fourth-order valence-corrected chi connectivity index (χ4v) is 2.12. The van der Waals surface area contributed by atoms with Gasteiger partial charge in [-0.2, -0.15) is 0 Å². The highest BCUT2D eigenvalue weighted by atomic mass is 16.9. The molecule has 0 unspecified atom stereocenters. The molecule has 0 saturated carbocycles. The molecular weight excluding hydrogens is 296 g/mol. The Kier molecular flexibility index (Phi) is 5.87. The van der Waals surface area contributed by atoms with Crippen molar-refractivity contribution in [2.45, 2.75) is 5.97 Å². The zero-order chi connectivity index (χ0) is 16.7. The van der Waals surface area contributed by atoms with Crippen LogP contribution in [0.2, 0.25) is 0 Å². The van der Waals surface area contributed by atoms with Crippen LogP contribution in [0.5, 0.6) is 0 Å². The number of esters is 1.